The minimum Gasteiger partial charge on any atom is -0.450 e. The van der Waals surface area contributed by atoms with Gasteiger partial charge in [0.2, 0.25) is 5.91 Å². The number of hydrogen-bond acceptors (Lipinski definition) is 3. The third-order valence-electron chi connectivity index (χ3n) is 7.60. The first-order chi connectivity index (χ1) is 14.3. The smallest absolute Gasteiger partial charge is 0.407 e. The van der Waals surface area contributed by atoms with Crippen molar-refractivity contribution in [2.45, 2.75) is 70.6 Å². The highest BCUT2D eigenvalue weighted by atomic mass is 16.5. The molecule has 1 aromatic rings. The molecule has 0 radical (unpaired) electrons. The Hall–Kier alpha value is -2.04. The number of benzene rings is 1. The molecule has 1 aliphatic carbocycles. The van der Waals surface area contributed by atoms with Crippen molar-refractivity contribution in [2.75, 3.05) is 26.2 Å². The highest BCUT2D eigenvalue weighted by molar-refractivity contribution is 5.80. The molecule has 0 aromatic heterocycles. The molecule has 1 unspecified atom stereocenters. The van der Waals surface area contributed by atoms with E-state index in [1.165, 1.54) is 30.4 Å². The Morgan fingerprint density at radius 2 is 1.93 bits per heavy atom. The summed E-state index contributed by atoms with van der Waals surface area (Å²) < 4.78 is 5.01. The molecule has 4 rings (SSSR count). The van der Waals surface area contributed by atoms with Crippen LogP contribution >= 0.6 is 0 Å². The van der Waals surface area contributed by atoms with Crippen LogP contribution in [-0.4, -0.2) is 43.1 Å². The molecule has 5 heteroatoms. The fraction of sp³-hybridized carbons (Fsp3) is 0.680. The summed E-state index contributed by atoms with van der Waals surface area (Å²) in [5, 5.41) is 2.69. The molecule has 2 heterocycles. The second-order valence-corrected chi connectivity index (χ2v) is 10.6. The zero-order valence-electron chi connectivity index (χ0n) is 18.7. The molecule has 1 spiro atoms. The molecule has 3 aliphatic rings. The topological polar surface area (TPSA) is 58.6 Å². The molecule has 2 amide bonds. The number of carbonyl (C=O) groups is 2. The van der Waals surface area contributed by atoms with Crippen LogP contribution in [0.25, 0.3) is 0 Å². The second kappa shape index (κ2) is 8.24. The number of nitrogens with one attached hydrogen (secondary N) is 1. The van der Waals surface area contributed by atoms with E-state index in [-0.39, 0.29) is 17.2 Å². The van der Waals surface area contributed by atoms with E-state index in [2.05, 4.69) is 50.4 Å². The fourth-order valence-corrected chi connectivity index (χ4v) is 5.53. The Labute approximate surface area is 180 Å². The third kappa shape index (κ3) is 4.50. The second-order valence-electron chi connectivity index (χ2n) is 10.6. The van der Waals surface area contributed by atoms with Crippen LogP contribution in [-0.2, 0) is 14.9 Å². The van der Waals surface area contributed by atoms with E-state index < -0.39 is 6.09 Å². The van der Waals surface area contributed by atoms with Crippen LogP contribution in [0.15, 0.2) is 24.3 Å². The molecule has 1 aromatic carbocycles. The lowest BCUT2D eigenvalue weighted by Crippen LogP contribution is -2.46. The van der Waals surface area contributed by atoms with E-state index in [0.717, 1.165) is 25.9 Å². The van der Waals surface area contributed by atoms with Gasteiger partial charge >= 0.3 is 6.09 Å². The summed E-state index contributed by atoms with van der Waals surface area (Å²) in [6.45, 7) is 9.25. The number of piperidine rings is 1. The Morgan fingerprint density at radius 1 is 1.17 bits per heavy atom. The first-order valence-corrected chi connectivity index (χ1v) is 11.6. The van der Waals surface area contributed by atoms with Gasteiger partial charge in [0.05, 0.1) is 12.5 Å². The van der Waals surface area contributed by atoms with Crippen molar-refractivity contribution in [3.8, 4) is 0 Å². The predicted octanol–water partition coefficient (Wildman–Crippen LogP) is 4.61. The van der Waals surface area contributed by atoms with E-state index in [1.54, 1.807) is 0 Å². The average molecular weight is 413 g/mol. The Balaban J connectivity index is 1.35. The Bertz CT molecular complexity index is 790. The van der Waals surface area contributed by atoms with Gasteiger partial charge in [-0.15, -0.1) is 0 Å². The minimum absolute atomic E-state index is 0.151. The van der Waals surface area contributed by atoms with E-state index in [1.807, 2.05) is 4.90 Å². The predicted molar refractivity (Wildman–Crippen MR) is 117 cm³/mol. The SMILES string of the molecule is CC(C)(C)c1cccc(C2CCC3(CCN(C(=O)[C@@H]4CCOC(=O)NC4)CC3)C2)c1. The highest BCUT2D eigenvalue weighted by Gasteiger charge is 2.43. The molecule has 2 aliphatic heterocycles. The van der Waals surface area contributed by atoms with Gasteiger partial charge in [0.25, 0.3) is 0 Å². The lowest BCUT2D eigenvalue weighted by atomic mass is 9.75. The number of cyclic esters (lactones) is 1. The van der Waals surface area contributed by atoms with Gasteiger partial charge in [-0.25, -0.2) is 4.79 Å². The molecular formula is C25H36N2O3. The van der Waals surface area contributed by atoms with Gasteiger partial charge in [-0.3, -0.25) is 4.79 Å². The molecule has 5 nitrogen and oxygen atoms in total. The number of hydrogen-bond donors (Lipinski definition) is 1. The van der Waals surface area contributed by atoms with Crippen molar-refractivity contribution in [3.63, 3.8) is 0 Å². The number of nitrogens with zero attached hydrogens (tertiary/aromatic N) is 1. The summed E-state index contributed by atoms with van der Waals surface area (Å²) in [6, 6.07) is 9.20. The quantitative estimate of drug-likeness (QED) is 0.772. The number of amides is 2. The number of carbonyl (C=O) groups excluding carboxylic acids is 2. The fourth-order valence-electron chi connectivity index (χ4n) is 5.53. The number of rotatable bonds is 2. The summed E-state index contributed by atoms with van der Waals surface area (Å²) in [6.07, 6.45) is 6.19. The van der Waals surface area contributed by atoms with Gasteiger partial charge in [-0.1, -0.05) is 45.0 Å². The van der Waals surface area contributed by atoms with E-state index >= 15 is 0 Å². The van der Waals surface area contributed by atoms with Crippen molar-refractivity contribution in [2.24, 2.45) is 11.3 Å². The van der Waals surface area contributed by atoms with Gasteiger partial charge in [0.15, 0.2) is 0 Å². The van der Waals surface area contributed by atoms with Crippen LogP contribution in [0, 0.1) is 11.3 Å². The molecule has 164 valence electrons. The van der Waals surface area contributed by atoms with E-state index in [0.29, 0.717) is 30.9 Å². The number of alkyl carbamates (subject to hydrolysis) is 1. The van der Waals surface area contributed by atoms with Crippen molar-refractivity contribution < 1.29 is 14.3 Å². The monoisotopic (exact) mass is 412 g/mol. The third-order valence-corrected chi connectivity index (χ3v) is 7.60. The van der Waals surface area contributed by atoms with E-state index in [4.69, 9.17) is 4.74 Å². The number of ether oxygens (including phenoxy) is 1. The minimum atomic E-state index is -0.407. The van der Waals surface area contributed by atoms with Crippen LogP contribution in [0.5, 0.6) is 0 Å². The molecule has 3 fully saturated rings. The van der Waals surface area contributed by atoms with Crippen LogP contribution < -0.4 is 5.32 Å². The summed E-state index contributed by atoms with van der Waals surface area (Å²) in [5.74, 6) is 0.675. The first-order valence-electron chi connectivity index (χ1n) is 11.6. The van der Waals surface area contributed by atoms with Gasteiger partial charge in [0.1, 0.15) is 0 Å². The molecule has 2 saturated heterocycles. The zero-order chi connectivity index (χ0) is 21.4. The zero-order valence-corrected chi connectivity index (χ0v) is 18.7. The standard InChI is InChI=1S/C25H36N2O3/c1-24(2,3)21-6-4-5-18(15-21)19-7-9-25(16-19)10-12-27(13-11-25)22(28)20-8-14-30-23(29)26-17-20/h4-6,15,19-20H,7-14,16-17H2,1-3H3,(H,26,29)/t19?,20-/m1/s1. The molecular weight excluding hydrogens is 376 g/mol. The summed E-state index contributed by atoms with van der Waals surface area (Å²) >= 11 is 0. The van der Waals surface area contributed by atoms with Crippen molar-refractivity contribution >= 4 is 12.0 Å². The van der Waals surface area contributed by atoms with Gasteiger partial charge in [-0.2, -0.15) is 0 Å². The maximum absolute atomic E-state index is 13.0. The molecule has 2 atom stereocenters. The largest absolute Gasteiger partial charge is 0.450 e. The molecule has 1 saturated carbocycles. The lowest BCUT2D eigenvalue weighted by Gasteiger charge is -2.40. The maximum atomic E-state index is 13.0. The summed E-state index contributed by atoms with van der Waals surface area (Å²) in [5.41, 5.74) is 3.48. The van der Waals surface area contributed by atoms with Crippen molar-refractivity contribution in [1.82, 2.24) is 10.2 Å². The Morgan fingerprint density at radius 3 is 2.67 bits per heavy atom. The molecule has 30 heavy (non-hydrogen) atoms. The highest BCUT2D eigenvalue weighted by Crippen LogP contribution is 2.52. The molecule has 1 N–H and O–H groups in total. The summed E-state index contributed by atoms with van der Waals surface area (Å²) in [7, 11) is 0. The van der Waals surface area contributed by atoms with Crippen LogP contribution in [0.3, 0.4) is 0 Å². The maximum Gasteiger partial charge on any atom is 0.407 e. The van der Waals surface area contributed by atoms with Crippen molar-refractivity contribution in [3.05, 3.63) is 35.4 Å². The summed E-state index contributed by atoms with van der Waals surface area (Å²) in [4.78, 5) is 26.3. The van der Waals surface area contributed by atoms with Crippen LogP contribution in [0.4, 0.5) is 4.79 Å². The van der Waals surface area contributed by atoms with Crippen molar-refractivity contribution in [1.29, 1.82) is 0 Å². The lowest BCUT2D eigenvalue weighted by molar-refractivity contribution is -0.138. The number of likely N-dealkylation sites (tertiary alicyclic amines) is 1. The van der Waals surface area contributed by atoms with Gasteiger partial charge in [0, 0.05) is 19.6 Å². The first kappa shape index (κ1) is 21.2. The van der Waals surface area contributed by atoms with Crippen LogP contribution in [0.2, 0.25) is 0 Å². The van der Waals surface area contributed by atoms with Gasteiger partial charge < -0.3 is 15.0 Å². The Kier molecular flexibility index (Phi) is 5.82. The normalized spacial score (nSPS) is 26.8. The average Bonchev–Trinajstić information content (AvgIpc) is 3.00. The van der Waals surface area contributed by atoms with E-state index in [9.17, 15) is 9.59 Å². The van der Waals surface area contributed by atoms with Gasteiger partial charge in [-0.05, 0) is 66.4 Å². The van der Waals surface area contributed by atoms with Crippen LogP contribution in [0.1, 0.15) is 76.3 Å². The molecule has 0 bridgehead atoms.